The van der Waals surface area contributed by atoms with Gasteiger partial charge in [-0.2, -0.15) is 0 Å². The van der Waals surface area contributed by atoms with Gasteiger partial charge in [-0.15, -0.1) is 0 Å². The summed E-state index contributed by atoms with van der Waals surface area (Å²) in [7, 11) is 0. The number of carbonyl (C=O) groups excluding carboxylic acids is 2. The molecule has 0 unspecified atom stereocenters. The number of carbonyl (C=O) groups is 2. The average Bonchev–Trinajstić information content (AvgIpc) is 2.29. The van der Waals surface area contributed by atoms with Gasteiger partial charge in [0.15, 0.2) is 0 Å². The summed E-state index contributed by atoms with van der Waals surface area (Å²) in [6, 6.07) is 5.66. The number of hydrogen-bond donors (Lipinski definition) is 3. The fourth-order valence-electron chi connectivity index (χ4n) is 2.05. The van der Waals surface area contributed by atoms with Crippen LogP contribution in [0.1, 0.15) is 43.1 Å². The van der Waals surface area contributed by atoms with Gasteiger partial charge in [-0.05, 0) is 39.8 Å². The first kappa shape index (κ1) is 16.0. The topological polar surface area (TPSA) is 84.2 Å². The van der Waals surface area contributed by atoms with Crippen LogP contribution in [0.4, 0.5) is 5.69 Å². The minimum Gasteiger partial charge on any atom is -0.385 e. The highest BCUT2D eigenvalue weighted by Crippen LogP contribution is 2.19. The van der Waals surface area contributed by atoms with E-state index in [0.717, 1.165) is 17.8 Å². The molecule has 0 fully saturated rings. The molecule has 0 heterocycles. The lowest BCUT2D eigenvalue weighted by Gasteiger charge is -2.25. The lowest BCUT2D eigenvalue weighted by Crippen LogP contribution is -2.46. The number of hydrogen-bond acceptors (Lipinski definition) is 3. The molecule has 1 aromatic rings. The molecule has 5 heteroatoms. The molecular formula is C15H23N3O2. The van der Waals surface area contributed by atoms with E-state index in [1.54, 1.807) is 13.8 Å². The van der Waals surface area contributed by atoms with Crippen LogP contribution in [0.25, 0.3) is 0 Å². The van der Waals surface area contributed by atoms with Crippen molar-refractivity contribution in [2.45, 2.75) is 39.7 Å². The zero-order valence-electron chi connectivity index (χ0n) is 12.5. The fraction of sp³-hybridized carbons (Fsp3) is 0.467. The average molecular weight is 277 g/mol. The molecule has 110 valence electrons. The van der Waals surface area contributed by atoms with Gasteiger partial charge >= 0.3 is 0 Å². The van der Waals surface area contributed by atoms with Crippen molar-refractivity contribution in [1.29, 1.82) is 0 Å². The van der Waals surface area contributed by atoms with Gasteiger partial charge in [0.25, 0.3) is 5.91 Å². The predicted octanol–water partition coefficient (Wildman–Crippen LogP) is 1.81. The molecular weight excluding hydrogens is 254 g/mol. The molecule has 0 atom stereocenters. The molecule has 2 amide bonds. The summed E-state index contributed by atoms with van der Waals surface area (Å²) in [4.78, 5) is 23.4. The summed E-state index contributed by atoms with van der Waals surface area (Å²) in [5, 5.41) is 6.01. The number of aryl methyl sites for hydroxylation is 1. The van der Waals surface area contributed by atoms with Crippen molar-refractivity contribution in [3.05, 3.63) is 29.3 Å². The van der Waals surface area contributed by atoms with Gasteiger partial charge in [0.2, 0.25) is 5.91 Å². The minimum absolute atomic E-state index is 0.0983. The van der Waals surface area contributed by atoms with Crippen molar-refractivity contribution in [1.82, 2.24) is 5.32 Å². The zero-order chi connectivity index (χ0) is 15.3. The summed E-state index contributed by atoms with van der Waals surface area (Å²) in [6.07, 6.45) is 0.0983. The van der Waals surface area contributed by atoms with Gasteiger partial charge < -0.3 is 16.4 Å². The lowest BCUT2D eigenvalue weighted by atomic mass is 9.99. The third-order valence-electron chi connectivity index (χ3n) is 2.86. The molecule has 0 aromatic heterocycles. The normalized spacial score (nSPS) is 11.0. The third kappa shape index (κ3) is 4.57. The van der Waals surface area contributed by atoms with Crippen LogP contribution >= 0.6 is 0 Å². The van der Waals surface area contributed by atoms with Crippen LogP contribution in [-0.4, -0.2) is 23.9 Å². The van der Waals surface area contributed by atoms with Crippen molar-refractivity contribution < 1.29 is 9.59 Å². The SMILES string of the molecule is CCNc1ccc(C)cc1C(=O)NC(C)(C)CC(N)=O. The second-order valence-corrected chi connectivity index (χ2v) is 5.56. The molecule has 0 aliphatic rings. The molecule has 4 N–H and O–H groups in total. The van der Waals surface area contributed by atoms with Gasteiger partial charge in [0, 0.05) is 24.2 Å². The number of nitrogens with two attached hydrogens (primary N) is 1. The summed E-state index contributed by atoms with van der Waals surface area (Å²) in [5.41, 5.74) is 6.88. The molecule has 0 aliphatic heterocycles. The Kier molecular flexibility index (Phi) is 5.13. The minimum atomic E-state index is -0.670. The second kappa shape index (κ2) is 6.41. The Morgan fingerprint density at radius 1 is 1.30 bits per heavy atom. The van der Waals surface area contributed by atoms with Crippen molar-refractivity contribution >= 4 is 17.5 Å². The van der Waals surface area contributed by atoms with Crippen LogP contribution in [0.3, 0.4) is 0 Å². The predicted molar refractivity (Wildman–Crippen MR) is 80.7 cm³/mol. The van der Waals surface area contributed by atoms with Gasteiger partial charge in [0.1, 0.15) is 0 Å². The van der Waals surface area contributed by atoms with E-state index in [1.807, 2.05) is 32.0 Å². The van der Waals surface area contributed by atoms with E-state index in [9.17, 15) is 9.59 Å². The van der Waals surface area contributed by atoms with Crippen LogP contribution in [0, 0.1) is 6.92 Å². The van der Waals surface area contributed by atoms with E-state index >= 15 is 0 Å². The first-order valence-electron chi connectivity index (χ1n) is 6.70. The van der Waals surface area contributed by atoms with Crippen LogP contribution in [0.15, 0.2) is 18.2 Å². The largest absolute Gasteiger partial charge is 0.385 e. The summed E-state index contributed by atoms with van der Waals surface area (Å²) >= 11 is 0. The molecule has 0 saturated carbocycles. The van der Waals surface area contributed by atoms with Gasteiger partial charge in [0.05, 0.1) is 5.56 Å². The van der Waals surface area contributed by atoms with Crippen molar-refractivity contribution in [3.8, 4) is 0 Å². The molecule has 0 saturated heterocycles. The molecule has 1 rings (SSSR count). The quantitative estimate of drug-likeness (QED) is 0.741. The van der Waals surface area contributed by atoms with E-state index in [0.29, 0.717) is 5.56 Å². The number of benzene rings is 1. The highest BCUT2D eigenvalue weighted by atomic mass is 16.2. The van der Waals surface area contributed by atoms with Crippen LogP contribution < -0.4 is 16.4 Å². The van der Waals surface area contributed by atoms with E-state index in [1.165, 1.54) is 0 Å². The van der Waals surface area contributed by atoms with Crippen molar-refractivity contribution in [3.63, 3.8) is 0 Å². The maximum absolute atomic E-state index is 12.4. The van der Waals surface area contributed by atoms with Crippen molar-refractivity contribution in [2.24, 2.45) is 5.73 Å². The van der Waals surface area contributed by atoms with E-state index < -0.39 is 11.4 Å². The van der Waals surface area contributed by atoms with Crippen LogP contribution in [0.2, 0.25) is 0 Å². The monoisotopic (exact) mass is 277 g/mol. The van der Waals surface area contributed by atoms with Crippen LogP contribution in [-0.2, 0) is 4.79 Å². The Bertz CT molecular complexity index is 510. The molecule has 0 radical (unpaired) electrons. The van der Waals surface area contributed by atoms with Crippen LogP contribution in [0.5, 0.6) is 0 Å². The summed E-state index contributed by atoms with van der Waals surface area (Å²) in [6.45, 7) is 8.18. The van der Waals surface area contributed by atoms with Crippen molar-refractivity contribution in [2.75, 3.05) is 11.9 Å². The fourth-order valence-corrected chi connectivity index (χ4v) is 2.05. The van der Waals surface area contributed by atoms with Gasteiger partial charge in [-0.25, -0.2) is 0 Å². The van der Waals surface area contributed by atoms with Gasteiger partial charge in [-0.1, -0.05) is 11.6 Å². The standard InChI is InChI=1S/C15H23N3O2/c1-5-17-12-7-6-10(2)8-11(12)14(20)18-15(3,4)9-13(16)19/h6-8,17H,5,9H2,1-4H3,(H2,16,19)(H,18,20). The number of rotatable bonds is 6. The maximum atomic E-state index is 12.4. The first-order chi connectivity index (χ1) is 9.25. The number of primary amides is 1. The zero-order valence-corrected chi connectivity index (χ0v) is 12.5. The Morgan fingerprint density at radius 2 is 1.95 bits per heavy atom. The van der Waals surface area contributed by atoms with E-state index in [-0.39, 0.29) is 12.3 Å². The third-order valence-corrected chi connectivity index (χ3v) is 2.86. The highest BCUT2D eigenvalue weighted by molar-refractivity contribution is 6.00. The smallest absolute Gasteiger partial charge is 0.253 e. The molecule has 1 aromatic carbocycles. The Hall–Kier alpha value is -2.04. The Balaban J connectivity index is 2.96. The number of nitrogens with one attached hydrogen (secondary N) is 2. The molecule has 20 heavy (non-hydrogen) atoms. The summed E-state index contributed by atoms with van der Waals surface area (Å²) in [5.74, 6) is -0.651. The Labute approximate surface area is 119 Å². The van der Waals surface area contributed by atoms with E-state index in [4.69, 9.17) is 5.73 Å². The van der Waals surface area contributed by atoms with Gasteiger partial charge in [-0.3, -0.25) is 9.59 Å². The second-order valence-electron chi connectivity index (χ2n) is 5.56. The number of anilines is 1. The molecule has 0 bridgehead atoms. The molecule has 5 nitrogen and oxygen atoms in total. The molecule has 0 spiro atoms. The maximum Gasteiger partial charge on any atom is 0.253 e. The molecule has 0 aliphatic carbocycles. The van der Waals surface area contributed by atoms with E-state index in [2.05, 4.69) is 10.6 Å². The Morgan fingerprint density at radius 3 is 2.50 bits per heavy atom. The lowest BCUT2D eigenvalue weighted by molar-refractivity contribution is -0.119. The summed E-state index contributed by atoms with van der Waals surface area (Å²) < 4.78 is 0. The number of amides is 2. The first-order valence-corrected chi connectivity index (χ1v) is 6.70. The highest BCUT2D eigenvalue weighted by Gasteiger charge is 2.24.